The molecule has 0 saturated carbocycles. The molecule has 1 atom stereocenters. The van der Waals surface area contributed by atoms with E-state index in [1.54, 1.807) is 12.5 Å². The van der Waals surface area contributed by atoms with E-state index in [1.165, 1.54) is 0 Å². The lowest BCUT2D eigenvalue weighted by Gasteiger charge is -2.24. The van der Waals surface area contributed by atoms with Gasteiger partial charge in [-0.1, -0.05) is 19.1 Å². The highest BCUT2D eigenvalue weighted by Crippen LogP contribution is 2.17. The smallest absolute Gasteiger partial charge is 0.203 e. The highest BCUT2D eigenvalue weighted by molar-refractivity contribution is 7.80. The zero-order valence-electron chi connectivity index (χ0n) is 10.4. The number of hydrogen-bond donors (Lipinski definition) is 1. The van der Waals surface area contributed by atoms with Crippen LogP contribution in [0, 0.1) is 5.92 Å². The summed E-state index contributed by atoms with van der Waals surface area (Å²) in [6.45, 7) is 5.61. The van der Waals surface area contributed by atoms with E-state index in [0.29, 0.717) is 4.99 Å². The number of rotatable bonds is 5. The Morgan fingerprint density at radius 1 is 1.61 bits per heavy atom. The van der Waals surface area contributed by atoms with E-state index in [0.717, 1.165) is 24.6 Å². The fourth-order valence-corrected chi connectivity index (χ4v) is 1.83. The van der Waals surface area contributed by atoms with Gasteiger partial charge in [0.2, 0.25) is 5.65 Å². The van der Waals surface area contributed by atoms with Crippen LogP contribution in [0.2, 0.25) is 0 Å². The fraction of sp³-hybridized carbons (Fsp3) is 0.455. The van der Waals surface area contributed by atoms with Crippen LogP contribution in [-0.4, -0.2) is 37.7 Å². The lowest BCUT2D eigenvalue weighted by atomic mass is 10.1. The molecule has 0 fully saturated rings. The Labute approximate surface area is 111 Å². The van der Waals surface area contributed by atoms with Gasteiger partial charge in [-0.25, -0.2) is 4.98 Å². The quantitative estimate of drug-likeness (QED) is 0.808. The van der Waals surface area contributed by atoms with Crippen LogP contribution in [0.15, 0.2) is 18.7 Å². The number of aromatic nitrogens is 4. The number of thiocarbonyl (C=S) groups is 1. The van der Waals surface area contributed by atoms with Gasteiger partial charge in [0.05, 0.1) is 4.99 Å². The third-order valence-corrected chi connectivity index (χ3v) is 3.26. The van der Waals surface area contributed by atoms with Crippen molar-refractivity contribution in [3.8, 4) is 0 Å². The van der Waals surface area contributed by atoms with E-state index >= 15 is 0 Å². The summed E-state index contributed by atoms with van der Waals surface area (Å²) in [7, 11) is 0. The first-order chi connectivity index (χ1) is 8.63. The lowest BCUT2D eigenvalue weighted by Crippen LogP contribution is -2.34. The van der Waals surface area contributed by atoms with Crippen LogP contribution in [-0.2, 0) is 0 Å². The zero-order chi connectivity index (χ0) is 13.1. The summed E-state index contributed by atoms with van der Waals surface area (Å²) in [5.74, 6) is 0.936. The lowest BCUT2D eigenvalue weighted by molar-refractivity contribution is 0.700. The minimum atomic E-state index is 0.130. The van der Waals surface area contributed by atoms with Crippen LogP contribution in [0.3, 0.4) is 0 Å². The molecular formula is C11H16N6S. The van der Waals surface area contributed by atoms with Gasteiger partial charge >= 0.3 is 0 Å². The predicted molar refractivity (Wildman–Crippen MR) is 74.6 cm³/mol. The van der Waals surface area contributed by atoms with Crippen molar-refractivity contribution in [2.45, 2.75) is 13.8 Å². The monoisotopic (exact) mass is 264 g/mol. The maximum atomic E-state index is 5.66. The Hall–Kier alpha value is -1.76. The highest BCUT2D eigenvalue weighted by Gasteiger charge is 2.16. The molecule has 0 aliphatic rings. The summed E-state index contributed by atoms with van der Waals surface area (Å²) < 4.78 is 1.84. The molecule has 0 aromatic carbocycles. The summed E-state index contributed by atoms with van der Waals surface area (Å²) >= 11 is 5.01. The Kier molecular flexibility index (Phi) is 3.71. The molecule has 2 N–H and O–H groups in total. The second-order valence-corrected chi connectivity index (χ2v) is 4.63. The molecule has 0 aliphatic carbocycles. The summed E-state index contributed by atoms with van der Waals surface area (Å²) in [6.07, 6.45) is 5.22. The second kappa shape index (κ2) is 5.26. The summed E-state index contributed by atoms with van der Waals surface area (Å²) in [5.41, 5.74) is 6.41. The van der Waals surface area contributed by atoms with Gasteiger partial charge in [-0.2, -0.15) is 0 Å². The topological polar surface area (TPSA) is 72.3 Å². The maximum Gasteiger partial charge on any atom is 0.203 e. The number of nitrogens with two attached hydrogens (primary N) is 1. The van der Waals surface area contributed by atoms with Crippen LogP contribution >= 0.6 is 12.2 Å². The summed E-state index contributed by atoms with van der Waals surface area (Å²) in [4.78, 5) is 7.00. The SMILES string of the molecule is CCN(CC(C)C(N)=S)c1nccn2cnnc12. The molecule has 18 heavy (non-hydrogen) atoms. The van der Waals surface area contributed by atoms with Crippen molar-refractivity contribution in [2.75, 3.05) is 18.0 Å². The van der Waals surface area contributed by atoms with Gasteiger partial charge in [-0.3, -0.25) is 4.40 Å². The van der Waals surface area contributed by atoms with Crippen molar-refractivity contribution >= 4 is 28.7 Å². The van der Waals surface area contributed by atoms with Crippen molar-refractivity contribution in [2.24, 2.45) is 11.7 Å². The number of anilines is 1. The summed E-state index contributed by atoms with van der Waals surface area (Å²) in [5, 5.41) is 7.97. The molecule has 0 aliphatic heterocycles. The van der Waals surface area contributed by atoms with Gasteiger partial charge in [-0.05, 0) is 6.92 Å². The van der Waals surface area contributed by atoms with Gasteiger partial charge in [0, 0.05) is 31.4 Å². The Morgan fingerprint density at radius 3 is 3.06 bits per heavy atom. The molecule has 7 heteroatoms. The fourth-order valence-electron chi connectivity index (χ4n) is 1.75. The van der Waals surface area contributed by atoms with E-state index in [-0.39, 0.29) is 5.92 Å². The van der Waals surface area contributed by atoms with Crippen LogP contribution in [0.5, 0.6) is 0 Å². The van der Waals surface area contributed by atoms with Gasteiger partial charge in [0.15, 0.2) is 5.82 Å². The van der Waals surface area contributed by atoms with Crippen molar-refractivity contribution in [3.63, 3.8) is 0 Å². The van der Waals surface area contributed by atoms with Gasteiger partial charge in [-0.15, -0.1) is 10.2 Å². The van der Waals surface area contributed by atoms with Crippen molar-refractivity contribution in [3.05, 3.63) is 18.7 Å². The Balaban J connectivity index is 2.32. The molecule has 2 rings (SSSR count). The Bertz CT molecular complexity index is 551. The Morgan fingerprint density at radius 2 is 2.39 bits per heavy atom. The standard InChI is InChI=1S/C11H16N6S/c1-3-16(6-8(2)9(12)18)10-11-15-14-7-17(11)5-4-13-10/h4-5,7-8H,3,6H2,1-2H3,(H2,12,18). The van der Waals surface area contributed by atoms with Crippen LogP contribution in [0.25, 0.3) is 5.65 Å². The molecule has 2 aromatic rings. The maximum absolute atomic E-state index is 5.66. The third kappa shape index (κ3) is 2.40. The summed E-state index contributed by atoms with van der Waals surface area (Å²) in [6, 6.07) is 0. The molecule has 0 saturated heterocycles. The van der Waals surface area contributed by atoms with E-state index in [9.17, 15) is 0 Å². The van der Waals surface area contributed by atoms with E-state index in [4.69, 9.17) is 18.0 Å². The minimum Gasteiger partial charge on any atom is -0.393 e. The largest absolute Gasteiger partial charge is 0.393 e. The van der Waals surface area contributed by atoms with E-state index in [1.807, 2.05) is 17.5 Å². The first-order valence-electron chi connectivity index (χ1n) is 5.82. The number of fused-ring (bicyclic) bond motifs is 1. The first kappa shape index (κ1) is 12.7. The average Bonchev–Trinajstić information content (AvgIpc) is 2.83. The van der Waals surface area contributed by atoms with Gasteiger partial charge in [0.25, 0.3) is 0 Å². The molecule has 0 spiro atoms. The highest BCUT2D eigenvalue weighted by atomic mass is 32.1. The van der Waals surface area contributed by atoms with Gasteiger partial charge in [0.1, 0.15) is 6.33 Å². The molecule has 6 nitrogen and oxygen atoms in total. The predicted octanol–water partition coefficient (Wildman–Crippen LogP) is 0.873. The molecule has 1 unspecified atom stereocenters. The second-order valence-electron chi connectivity index (χ2n) is 4.15. The number of nitrogens with zero attached hydrogens (tertiary/aromatic N) is 5. The molecule has 0 bridgehead atoms. The van der Waals surface area contributed by atoms with Crippen molar-refractivity contribution < 1.29 is 0 Å². The zero-order valence-corrected chi connectivity index (χ0v) is 11.3. The van der Waals surface area contributed by atoms with E-state index < -0.39 is 0 Å². The van der Waals surface area contributed by atoms with Crippen LogP contribution < -0.4 is 10.6 Å². The normalized spacial score (nSPS) is 12.6. The molecule has 0 radical (unpaired) electrons. The first-order valence-corrected chi connectivity index (χ1v) is 6.23. The number of hydrogen-bond acceptors (Lipinski definition) is 5. The van der Waals surface area contributed by atoms with Crippen molar-refractivity contribution in [1.82, 2.24) is 19.6 Å². The molecule has 2 heterocycles. The van der Waals surface area contributed by atoms with Crippen molar-refractivity contribution in [1.29, 1.82) is 0 Å². The average molecular weight is 264 g/mol. The van der Waals surface area contributed by atoms with Crippen LogP contribution in [0.4, 0.5) is 5.82 Å². The van der Waals surface area contributed by atoms with E-state index in [2.05, 4.69) is 27.0 Å². The van der Waals surface area contributed by atoms with Gasteiger partial charge < -0.3 is 10.6 Å². The molecule has 2 aromatic heterocycles. The third-order valence-electron chi connectivity index (χ3n) is 2.86. The minimum absolute atomic E-state index is 0.130. The van der Waals surface area contributed by atoms with Crippen LogP contribution in [0.1, 0.15) is 13.8 Å². The molecule has 96 valence electrons. The molecular weight excluding hydrogens is 248 g/mol. The molecule has 0 amide bonds.